The third-order valence-electron chi connectivity index (χ3n) is 19.0. The lowest BCUT2D eigenvalue weighted by Crippen LogP contribution is -2.61. The van der Waals surface area contributed by atoms with Crippen LogP contribution in [0.2, 0.25) is 0 Å². The van der Waals surface area contributed by atoms with Crippen molar-refractivity contribution in [1.82, 2.24) is 57.2 Å². The van der Waals surface area contributed by atoms with E-state index >= 15 is 14.4 Å². The van der Waals surface area contributed by atoms with E-state index in [9.17, 15) is 48.6 Å². The lowest BCUT2D eigenvalue weighted by Gasteiger charge is -2.39. The van der Waals surface area contributed by atoms with Gasteiger partial charge in [0.2, 0.25) is 47.3 Å². The molecule has 26 nitrogen and oxygen atoms in total. The molecule has 9 amide bonds. The lowest BCUT2D eigenvalue weighted by molar-refractivity contribution is -0.151. The standard InChI is InChI=1S/C74H91N11O15/c1-9-55(78-63(86)42(2)75-7)69(92)85-41-54-38-61(85)70(93)83-39-51-19-13-12-18-50(51)36-59(83)67(90)81-58(73(97)98)33-44-20-26-48(27-21-44)65(88)77-52-37-60(84(40-52)71(94)62(74(4,5)6)82-64(87)43(3)76-8)68(91)79-56(35-46-22-25-47-16-10-11-17-49(47)32-46)66(89)80-57(72(95)96)34-45-23-28-53(29-24-45)99-30-14-15-31-100-54/h10-29,32,42-43,52,54-62,75-76H,9,30-31,33-41H2,1-8H3,(H,77,88)(H,78,86)(H,79,91)(H,80,89)(H,81,90)(H,82,87)(H,95,96)(H,97,98)/b15-14+/t42-,43-,52-,54-,55-,56-,57-,58-,59-,60-,61-,62+/m0/s1. The third kappa shape index (κ3) is 18.4. The lowest BCUT2D eigenvalue weighted by atomic mass is 9.85. The molecule has 10 N–H and O–H groups in total. The second-order valence-corrected chi connectivity index (χ2v) is 27.1. The maximum atomic E-state index is 15.3. The molecular formula is C74H91N11O15. The average molecular weight is 1370 g/mol. The van der Waals surface area contributed by atoms with Gasteiger partial charge in [-0.25, -0.2) is 9.59 Å². The molecule has 8 bridgehead atoms. The molecule has 0 spiro atoms. The highest BCUT2D eigenvalue weighted by atomic mass is 16.5. The Labute approximate surface area is 581 Å². The summed E-state index contributed by atoms with van der Waals surface area (Å²) in [5.74, 6) is -8.06. The molecule has 2 saturated heterocycles. The van der Waals surface area contributed by atoms with E-state index < -0.39 is 143 Å². The molecule has 0 saturated carbocycles. The monoisotopic (exact) mass is 1370 g/mol. The van der Waals surface area contributed by atoms with Crippen molar-refractivity contribution >= 4 is 75.9 Å². The minimum Gasteiger partial charge on any atom is -0.490 e. The Balaban J connectivity index is 1.04. The number of aliphatic carboxylic acids is 2. The fourth-order valence-electron chi connectivity index (χ4n) is 12.9. The normalized spacial score (nSPS) is 23.6. The number of nitrogens with zero attached hydrogens (tertiary/aromatic N) is 3. The van der Waals surface area contributed by atoms with Gasteiger partial charge >= 0.3 is 11.9 Å². The van der Waals surface area contributed by atoms with Crippen LogP contribution in [0.15, 0.2) is 127 Å². The molecule has 7 heterocycles. The summed E-state index contributed by atoms with van der Waals surface area (Å²) >= 11 is 0. The zero-order valence-corrected chi connectivity index (χ0v) is 57.6. The van der Waals surface area contributed by atoms with Gasteiger partial charge in [0.15, 0.2) is 0 Å². The van der Waals surface area contributed by atoms with Gasteiger partial charge in [0.25, 0.3) is 5.91 Å². The van der Waals surface area contributed by atoms with E-state index in [2.05, 4.69) is 42.5 Å². The molecule has 7 aliphatic rings. The summed E-state index contributed by atoms with van der Waals surface area (Å²) in [6.45, 7) is 10.0. The third-order valence-corrected chi connectivity index (χ3v) is 19.0. The summed E-state index contributed by atoms with van der Waals surface area (Å²) in [6, 6.07) is 20.1. The minimum atomic E-state index is -1.54. The first-order valence-corrected chi connectivity index (χ1v) is 33.9. The summed E-state index contributed by atoms with van der Waals surface area (Å²) in [6.07, 6.45) is 2.19. The summed E-state index contributed by atoms with van der Waals surface area (Å²) in [5.41, 5.74) is 2.22. The van der Waals surface area contributed by atoms with Crippen molar-refractivity contribution in [1.29, 1.82) is 0 Å². The number of hydrogen-bond donors (Lipinski definition) is 10. The van der Waals surface area contributed by atoms with Crippen LogP contribution < -0.4 is 47.3 Å². The van der Waals surface area contributed by atoms with Crippen LogP contribution in [0.3, 0.4) is 0 Å². The first-order chi connectivity index (χ1) is 47.7. The zero-order chi connectivity index (χ0) is 72.1. The van der Waals surface area contributed by atoms with Gasteiger partial charge in [-0.2, -0.15) is 0 Å². The number of fused-ring (bicyclic) bond motifs is 2. The highest BCUT2D eigenvalue weighted by Crippen LogP contribution is 2.32. The van der Waals surface area contributed by atoms with E-state index in [-0.39, 0.29) is 83.4 Å². The van der Waals surface area contributed by atoms with Crippen molar-refractivity contribution in [2.24, 2.45) is 5.41 Å². The zero-order valence-electron chi connectivity index (χ0n) is 57.6. The number of amides is 9. The smallest absolute Gasteiger partial charge is 0.326 e. The molecule has 0 radical (unpaired) electrons. The fourth-order valence-corrected chi connectivity index (χ4v) is 12.9. The van der Waals surface area contributed by atoms with Crippen LogP contribution in [0.4, 0.5) is 0 Å². The molecular weight excluding hydrogens is 1280 g/mol. The van der Waals surface area contributed by atoms with E-state index in [1.54, 1.807) is 110 Å². The first kappa shape index (κ1) is 74.2. The van der Waals surface area contributed by atoms with Crippen molar-refractivity contribution in [3.8, 4) is 5.75 Å². The van der Waals surface area contributed by atoms with Gasteiger partial charge in [-0.15, -0.1) is 0 Å². The number of likely N-dealkylation sites (tertiary alicyclic amines) is 2. The van der Waals surface area contributed by atoms with E-state index in [0.717, 1.165) is 21.9 Å². The molecule has 7 aliphatic heterocycles. The number of rotatable bonds is 13. The maximum absolute atomic E-state index is 15.3. The highest BCUT2D eigenvalue weighted by Gasteiger charge is 2.49. The van der Waals surface area contributed by atoms with Gasteiger partial charge in [-0.3, -0.25) is 43.2 Å². The quantitative estimate of drug-likeness (QED) is 0.0758. The largest absolute Gasteiger partial charge is 0.490 e. The Hall–Kier alpha value is -10.0. The summed E-state index contributed by atoms with van der Waals surface area (Å²) < 4.78 is 12.3. The Kier molecular flexibility index (Phi) is 24.6. The van der Waals surface area contributed by atoms with Gasteiger partial charge in [0.05, 0.1) is 24.8 Å². The topological polar surface area (TPSA) is 353 Å². The van der Waals surface area contributed by atoms with E-state index in [4.69, 9.17) is 9.47 Å². The fraction of sp³-hybridized carbons (Fsp3) is 0.446. The first-order valence-electron chi connectivity index (χ1n) is 33.9. The van der Waals surface area contributed by atoms with E-state index in [1.807, 2.05) is 48.5 Å². The van der Waals surface area contributed by atoms with Crippen molar-refractivity contribution in [3.63, 3.8) is 0 Å². The van der Waals surface area contributed by atoms with Gasteiger partial charge in [-0.05, 0) is 115 Å². The van der Waals surface area contributed by atoms with Gasteiger partial charge < -0.3 is 76.9 Å². The van der Waals surface area contributed by atoms with Crippen LogP contribution >= 0.6 is 0 Å². The number of benzene rings is 5. The molecule has 12 atom stereocenters. The predicted molar refractivity (Wildman–Crippen MR) is 370 cm³/mol. The summed E-state index contributed by atoms with van der Waals surface area (Å²) in [5, 5.41) is 45.6. The van der Waals surface area contributed by atoms with Crippen molar-refractivity contribution in [2.75, 3.05) is 40.4 Å². The molecule has 0 aromatic heterocycles. The van der Waals surface area contributed by atoms with Gasteiger partial charge in [0, 0.05) is 63.3 Å². The second-order valence-electron chi connectivity index (χ2n) is 27.1. The molecule has 26 heteroatoms. The Morgan fingerprint density at radius 1 is 0.610 bits per heavy atom. The van der Waals surface area contributed by atoms with Crippen LogP contribution in [0.1, 0.15) is 99.0 Å². The highest BCUT2D eigenvalue weighted by molar-refractivity contribution is 5.99. The SMILES string of the molecule is CC[C@H](NC(=O)[C@H](C)NC)C(=O)N1C[C@@H]2C[C@H]1C(=O)N1Cc3ccccc3C[C@H]1C(=O)N[C@H](C(=O)O)Cc1ccc(cc1)C(=O)N[C@H]1C[C@@H](C(=O)N[C@@H](Cc3ccc4ccccc4c3)C(=O)N[C@H](C(=O)O)Cc3ccc(cc3)OC/C=C/CO2)N(C(=O)[C@@H](NC(=O)[C@H](C)NC)C(C)(C)C)C1. The molecule has 0 aliphatic carbocycles. The number of ether oxygens (including phenoxy) is 2. The predicted octanol–water partition coefficient (Wildman–Crippen LogP) is 2.72. The molecule has 100 heavy (non-hydrogen) atoms. The van der Waals surface area contributed by atoms with Crippen molar-refractivity contribution in [2.45, 2.75) is 166 Å². The van der Waals surface area contributed by atoms with Crippen LogP contribution in [-0.2, 0) is 84.9 Å². The second kappa shape index (κ2) is 33.2. The van der Waals surface area contributed by atoms with Crippen LogP contribution in [0.25, 0.3) is 10.8 Å². The van der Waals surface area contributed by atoms with Gasteiger partial charge in [0.1, 0.15) is 60.7 Å². The number of carboxylic acids is 2. The minimum absolute atomic E-state index is 0.00794. The van der Waals surface area contributed by atoms with E-state index in [0.29, 0.717) is 22.4 Å². The average Bonchev–Trinajstić information content (AvgIpc) is 1.42. The number of carbonyl (C=O) groups excluding carboxylic acids is 9. The maximum Gasteiger partial charge on any atom is 0.326 e. The summed E-state index contributed by atoms with van der Waals surface area (Å²) in [7, 11) is 3.20. The van der Waals surface area contributed by atoms with Gasteiger partial charge in [-0.1, -0.05) is 125 Å². The Bertz CT molecular complexity index is 3880. The Morgan fingerprint density at radius 2 is 1.19 bits per heavy atom. The number of likely N-dealkylation sites (N-methyl/N-ethyl adjacent to an activating group) is 2. The van der Waals surface area contributed by atoms with Crippen molar-refractivity contribution < 1.29 is 72.4 Å². The number of nitrogens with one attached hydrogen (secondary N) is 8. The number of carboxylic acid groups (broad SMARTS) is 2. The molecule has 2 fully saturated rings. The molecule has 532 valence electrons. The number of hydrogen-bond acceptors (Lipinski definition) is 15. The van der Waals surface area contributed by atoms with Crippen LogP contribution in [0.5, 0.6) is 5.75 Å². The van der Waals surface area contributed by atoms with Crippen LogP contribution in [0, 0.1) is 5.41 Å². The molecule has 12 rings (SSSR count). The molecule has 5 aromatic rings. The number of carbonyl (C=O) groups is 11. The Morgan fingerprint density at radius 3 is 1.82 bits per heavy atom. The van der Waals surface area contributed by atoms with Crippen LogP contribution in [-0.4, -0.2) is 203 Å². The van der Waals surface area contributed by atoms with E-state index in [1.165, 1.54) is 39.0 Å². The summed E-state index contributed by atoms with van der Waals surface area (Å²) in [4.78, 5) is 161. The molecule has 0 unspecified atom stereocenters. The van der Waals surface area contributed by atoms with Crippen molar-refractivity contribution in [3.05, 3.63) is 161 Å². The molecule has 5 aromatic carbocycles.